The molecule has 0 aromatic carbocycles. The highest BCUT2D eigenvalue weighted by atomic mass is 16.5. The second-order valence-corrected chi connectivity index (χ2v) is 9.29. The van der Waals surface area contributed by atoms with Gasteiger partial charge in [0.1, 0.15) is 11.9 Å². The van der Waals surface area contributed by atoms with E-state index >= 15 is 0 Å². The molecule has 156 valence electrons. The van der Waals surface area contributed by atoms with Crippen molar-refractivity contribution in [3.05, 3.63) is 11.6 Å². The summed E-state index contributed by atoms with van der Waals surface area (Å²) in [5.74, 6) is 0.968. The summed E-state index contributed by atoms with van der Waals surface area (Å²) in [7, 11) is 0. The molecule has 6 atom stereocenters. The lowest BCUT2D eigenvalue weighted by molar-refractivity contribution is -0.163. The van der Waals surface area contributed by atoms with Crippen LogP contribution in [0.25, 0.3) is 0 Å². The zero-order valence-corrected chi connectivity index (χ0v) is 18.0. The number of carbonyl (C=O) groups is 2. The molecule has 3 fully saturated rings. The molecule has 0 aliphatic heterocycles. The number of hydrogen-bond acceptors (Lipinski definition) is 5. The summed E-state index contributed by atoms with van der Waals surface area (Å²) in [5.41, 5.74) is 1.69. The van der Waals surface area contributed by atoms with E-state index in [1.165, 1.54) is 12.5 Å². The van der Waals surface area contributed by atoms with Gasteiger partial charge in [0, 0.05) is 24.7 Å². The predicted molar refractivity (Wildman–Crippen MR) is 108 cm³/mol. The Labute approximate surface area is 168 Å². The van der Waals surface area contributed by atoms with E-state index in [-0.39, 0.29) is 28.8 Å². The van der Waals surface area contributed by atoms with Gasteiger partial charge in [-0.25, -0.2) is 0 Å². The third-order valence-corrected chi connectivity index (χ3v) is 8.01. The minimum absolute atomic E-state index is 0.0527. The van der Waals surface area contributed by atoms with Gasteiger partial charge in [0.2, 0.25) is 0 Å². The second-order valence-electron chi connectivity index (χ2n) is 9.29. The number of nitrogens with zero attached hydrogens (tertiary/aromatic N) is 1. The monoisotopic (exact) mass is 389 g/mol. The zero-order valence-electron chi connectivity index (χ0n) is 18.0. The molecule has 4 aliphatic carbocycles. The topological polar surface area (TPSA) is 76.0 Å². The zero-order chi connectivity index (χ0) is 20.7. The molecule has 4 unspecified atom stereocenters. The van der Waals surface area contributed by atoms with Gasteiger partial charge in [0.15, 0.2) is 0 Å². The lowest BCUT2D eigenvalue weighted by Gasteiger charge is -2.56. The molecule has 5 nitrogen and oxygen atoms in total. The van der Waals surface area contributed by atoms with Gasteiger partial charge < -0.3 is 9.94 Å². The van der Waals surface area contributed by atoms with Crippen molar-refractivity contribution in [1.82, 2.24) is 0 Å². The maximum absolute atomic E-state index is 13.4. The molecule has 4 rings (SSSR count). The molecule has 0 aromatic heterocycles. The van der Waals surface area contributed by atoms with Crippen molar-refractivity contribution in [2.24, 2.45) is 33.7 Å². The van der Waals surface area contributed by atoms with Crippen LogP contribution in [0.1, 0.15) is 79.6 Å². The lowest BCUT2D eigenvalue weighted by atomic mass is 9.47. The Balaban J connectivity index is 0.00000109. The third kappa shape index (κ3) is 3.11. The number of ketones is 1. The van der Waals surface area contributed by atoms with Gasteiger partial charge in [-0.05, 0) is 61.9 Å². The largest absolute Gasteiger partial charge is 0.462 e. The van der Waals surface area contributed by atoms with Crippen molar-refractivity contribution in [1.29, 1.82) is 0 Å². The van der Waals surface area contributed by atoms with Crippen molar-refractivity contribution in [3.8, 4) is 0 Å². The standard InChI is InChI=1S/C21H29NO4.C2H6/c1-12(23)26-18-7-6-16-15-5-4-13-10-14(22-25)8-9-20(13,2)19(15)17(24)11-21(16,18)3;1-2/h10,15-16,18-19,25H,4-9,11H2,1-3H3;1-2H3/b22-14+;/t15?,16-,18?,19+,20?,21?;/m0./s1. The van der Waals surface area contributed by atoms with Crippen LogP contribution in [0.3, 0.4) is 0 Å². The van der Waals surface area contributed by atoms with Gasteiger partial charge in [0.25, 0.3) is 0 Å². The van der Waals surface area contributed by atoms with Gasteiger partial charge in [-0.15, -0.1) is 0 Å². The van der Waals surface area contributed by atoms with Crippen LogP contribution in [0.2, 0.25) is 0 Å². The molecule has 28 heavy (non-hydrogen) atoms. The van der Waals surface area contributed by atoms with Crippen LogP contribution in [-0.2, 0) is 14.3 Å². The van der Waals surface area contributed by atoms with Crippen LogP contribution >= 0.6 is 0 Å². The molecule has 0 amide bonds. The van der Waals surface area contributed by atoms with Crippen molar-refractivity contribution in [2.75, 3.05) is 0 Å². The maximum atomic E-state index is 13.4. The van der Waals surface area contributed by atoms with E-state index in [0.29, 0.717) is 24.0 Å². The first-order valence-corrected chi connectivity index (χ1v) is 10.9. The Kier molecular flexibility index (Phi) is 5.75. The lowest BCUT2D eigenvalue weighted by Crippen LogP contribution is -2.55. The maximum Gasteiger partial charge on any atom is 0.302 e. The number of oxime groups is 1. The molecular weight excluding hydrogens is 354 g/mol. The number of rotatable bonds is 1. The Morgan fingerprint density at radius 3 is 2.57 bits per heavy atom. The average Bonchev–Trinajstić information content (AvgIpc) is 2.97. The van der Waals surface area contributed by atoms with Crippen LogP contribution in [0.5, 0.6) is 0 Å². The normalized spacial score (nSPS) is 43.1. The van der Waals surface area contributed by atoms with Gasteiger partial charge >= 0.3 is 5.97 Å². The summed E-state index contributed by atoms with van der Waals surface area (Å²) in [5, 5.41) is 12.5. The highest BCUT2D eigenvalue weighted by molar-refractivity contribution is 5.97. The Hall–Kier alpha value is -1.65. The van der Waals surface area contributed by atoms with Gasteiger partial charge in [-0.3, -0.25) is 9.59 Å². The van der Waals surface area contributed by atoms with E-state index in [1.807, 2.05) is 19.9 Å². The summed E-state index contributed by atoms with van der Waals surface area (Å²) >= 11 is 0. The Morgan fingerprint density at radius 1 is 1.21 bits per heavy atom. The number of ether oxygens (including phenoxy) is 1. The quantitative estimate of drug-likeness (QED) is 0.392. The average molecular weight is 390 g/mol. The number of fused-ring (bicyclic) bond motifs is 5. The molecule has 0 spiro atoms. The fourth-order valence-electron chi connectivity index (χ4n) is 6.82. The van der Waals surface area contributed by atoms with Gasteiger partial charge in [0.05, 0.1) is 5.71 Å². The molecule has 0 bridgehead atoms. The highest BCUT2D eigenvalue weighted by Crippen LogP contribution is 2.64. The molecule has 0 saturated heterocycles. The molecule has 4 aliphatic rings. The molecular formula is C23H35NO4. The van der Waals surface area contributed by atoms with E-state index in [2.05, 4.69) is 19.0 Å². The number of hydrogen-bond donors (Lipinski definition) is 1. The minimum atomic E-state index is -0.240. The first kappa shape index (κ1) is 21.1. The van der Waals surface area contributed by atoms with Crippen molar-refractivity contribution >= 4 is 17.5 Å². The van der Waals surface area contributed by atoms with Crippen molar-refractivity contribution in [2.45, 2.75) is 85.7 Å². The van der Waals surface area contributed by atoms with Gasteiger partial charge in [-0.2, -0.15) is 0 Å². The number of allylic oxidation sites excluding steroid dienone is 2. The molecule has 3 saturated carbocycles. The van der Waals surface area contributed by atoms with Crippen LogP contribution in [0.15, 0.2) is 16.8 Å². The van der Waals surface area contributed by atoms with E-state index in [1.54, 1.807) is 0 Å². The summed E-state index contributed by atoms with van der Waals surface area (Å²) < 4.78 is 5.63. The van der Waals surface area contributed by atoms with E-state index in [4.69, 9.17) is 9.94 Å². The Morgan fingerprint density at radius 2 is 1.93 bits per heavy atom. The van der Waals surface area contributed by atoms with Crippen LogP contribution in [-0.4, -0.2) is 28.8 Å². The first-order valence-electron chi connectivity index (χ1n) is 10.9. The molecule has 0 aromatic rings. The van der Waals surface area contributed by atoms with Gasteiger partial charge in [-0.1, -0.05) is 38.4 Å². The molecule has 1 N–H and O–H groups in total. The Bertz CT molecular complexity index is 711. The fourth-order valence-corrected chi connectivity index (χ4v) is 6.82. The number of esters is 1. The van der Waals surface area contributed by atoms with E-state index in [0.717, 1.165) is 44.2 Å². The van der Waals surface area contributed by atoms with Crippen LogP contribution in [0.4, 0.5) is 0 Å². The van der Waals surface area contributed by atoms with E-state index < -0.39 is 0 Å². The molecule has 0 heterocycles. The number of Topliss-reactive ketones (excluding diaryl/α,β-unsaturated/α-hetero) is 1. The molecule has 5 heteroatoms. The van der Waals surface area contributed by atoms with E-state index in [9.17, 15) is 9.59 Å². The van der Waals surface area contributed by atoms with Crippen molar-refractivity contribution < 1.29 is 19.5 Å². The second kappa shape index (κ2) is 7.64. The smallest absolute Gasteiger partial charge is 0.302 e. The predicted octanol–water partition coefficient (Wildman–Crippen LogP) is 4.92. The SMILES string of the molecule is CC.CC(=O)OC1CC[C@H]2C3CCC4=C/C(=N/O)CCC4(C)[C@H]3C(=O)CC12C. The third-order valence-electron chi connectivity index (χ3n) is 8.01. The van der Waals surface area contributed by atoms with Crippen LogP contribution < -0.4 is 0 Å². The minimum Gasteiger partial charge on any atom is -0.462 e. The highest BCUT2D eigenvalue weighted by Gasteiger charge is 2.62. The summed E-state index contributed by atoms with van der Waals surface area (Å²) in [6.07, 6.45) is 7.90. The number of carbonyl (C=O) groups excluding carboxylic acids is 2. The van der Waals surface area contributed by atoms with Crippen molar-refractivity contribution in [3.63, 3.8) is 0 Å². The first-order chi connectivity index (χ1) is 13.3. The fraction of sp³-hybridized carbons (Fsp3) is 0.783. The summed E-state index contributed by atoms with van der Waals surface area (Å²) in [6, 6.07) is 0. The van der Waals surface area contributed by atoms with Crippen LogP contribution in [0, 0.1) is 28.6 Å². The molecule has 0 radical (unpaired) electrons. The summed E-state index contributed by atoms with van der Waals surface area (Å²) in [6.45, 7) is 9.87. The summed E-state index contributed by atoms with van der Waals surface area (Å²) in [4.78, 5) is 24.9.